The lowest BCUT2D eigenvalue weighted by Gasteiger charge is -2.34. The number of rotatable bonds is 4. The molecule has 5 nitrogen and oxygen atoms in total. The molecular weight excluding hydrogens is 354 g/mol. The minimum atomic E-state index is -0.987. The number of dihydropyridines is 1. The smallest absolute Gasteiger partial charge is 0.334 e. The van der Waals surface area contributed by atoms with Gasteiger partial charge in [0.15, 0.2) is 5.78 Å². The normalized spacial score (nSPS) is 19.5. The van der Waals surface area contributed by atoms with Gasteiger partial charge in [0.1, 0.15) is 5.75 Å². The first-order chi connectivity index (χ1) is 13.6. The molecule has 0 fully saturated rings. The summed E-state index contributed by atoms with van der Waals surface area (Å²) < 4.78 is 5.49. The molecule has 0 saturated carbocycles. The second kappa shape index (κ2) is 7.15. The van der Waals surface area contributed by atoms with E-state index in [1.165, 1.54) is 0 Å². The summed E-state index contributed by atoms with van der Waals surface area (Å²) in [6, 6.07) is 11.5. The van der Waals surface area contributed by atoms with Crippen molar-refractivity contribution in [2.75, 3.05) is 7.11 Å². The number of carboxylic acid groups (broad SMARTS) is 1. The maximum absolute atomic E-state index is 12.9. The Kier molecular flexibility index (Phi) is 4.67. The van der Waals surface area contributed by atoms with Crippen LogP contribution in [0, 0.1) is 0 Å². The number of carboxylic acids is 1. The first-order valence-corrected chi connectivity index (χ1v) is 9.62. The van der Waals surface area contributed by atoms with E-state index in [2.05, 4.69) is 5.32 Å². The van der Waals surface area contributed by atoms with E-state index in [1.54, 1.807) is 7.11 Å². The van der Waals surface area contributed by atoms with Crippen LogP contribution in [0.15, 0.2) is 58.9 Å². The van der Waals surface area contributed by atoms with Gasteiger partial charge in [0.05, 0.1) is 12.7 Å². The molecule has 0 amide bonds. The molecule has 28 heavy (non-hydrogen) atoms. The molecule has 2 aromatic rings. The lowest BCUT2D eigenvalue weighted by Crippen LogP contribution is -2.34. The molecule has 4 rings (SSSR count). The quantitative estimate of drug-likeness (QED) is 0.831. The molecule has 1 aliphatic carbocycles. The van der Waals surface area contributed by atoms with Crippen LogP contribution in [0.5, 0.6) is 5.75 Å². The Morgan fingerprint density at radius 3 is 2.61 bits per heavy atom. The second-order valence-corrected chi connectivity index (χ2v) is 7.18. The number of benzene rings is 2. The minimum absolute atomic E-state index is 0.0348. The van der Waals surface area contributed by atoms with E-state index in [9.17, 15) is 14.7 Å². The summed E-state index contributed by atoms with van der Waals surface area (Å²) in [6.45, 7) is 1.94. The van der Waals surface area contributed by atoms with Crippen LogP contribution < -0.4 is 10.1 Å². The van der Waals surface area contributed by atoms with Crippen molar-refractivity contribution in [2.24, 2.45) is 0 Å². The third kappa shape index (κ3) is 2.78. The van der Waals surface area contributed by atoms with Crippen molar-refractivity contribution in [3.8, 4) is 5.75 Å². The number of allylic oxidation sites excluding steroid dienone is 3. The monoisotopic (exact) mass is 377 g/mol. The van der Waals surface area contributed by atoms with E-state index < -0.39 is 11.9 Å². The van der Waals surface area contributed by atoms with Crippen molar-refractivity contribution >= 4 is 22.5 Å². The van der Waals surface area contributed by atoms with Crippen molar-refractivity contribution in [3.63, 3.8) is 0 Å². The van der Waals surface area contributed by atoms with Crippen LogP contribution in [0.4, 0.5) is 0 Å². The largest absolute Gasteiger partial charge is 0.496 e. The number of fused-ring (bicyclic) bond motifs is 1. The van der Waals surface area contributed by atoms with Gasteiger partial charge < -0.3 is 15.2 Å². The van der Waals surface area contributed by atoms with Crippen molar-refractivity contribution in [3.05, 3.63) is 64.5 Å². The van der Waals surface area contributed by atoms with E-state index in [4.69, 9.17) is 4.74 Å². The van der Waals surface area contributed by atoms with Gasteiger partial charge in [-0.3, -0.25) is 4.79 Å². The molecular formula is C23H23NO4. The highest BCUT2D eigenvalue weighted by Crippen LogP contribution is 2.45. The van der Waals surface area contributed by atoms with Gasteiger partial charge in [-0.2, -0.15) is 0 Å². The summed E-state index contributed by atoms with van der Waals surface area (Å²) in [5.74, 6) is -0.798. The van der Waals surface area contributed by atoms with Crippen LogP contribution in [0.3, 0.4) is 0 Å². The number of ether oxygens (including phenoxy) is 1. The fraction of sp³-hybridized carbons (Fsp3) is 0.304. The van der Waals surface area contributed by atoms with Crippen LogP contribution in [-0.4, -0.2) is 24.0 Å². The Balaban J connectivity index is 2.04. The van der Waals surface area contributed by atoms with Crippen LogP contribution in [-0.2, 0) is 9.59 Å². The topological polar surface area (TPSA) is 75.6 Å². The van der Waals surface area contributed by atoms with E-state index >= 15 is 0 Å². The van der Waals surface area contributed by atoms with E-state index in [1.807, 2.05) is 43.3 Å². The van der Waals surface area contributed by atoms with Crippen molar-refractivity contribution in [2.45, 2.75) is 38.5 Å². The van der Waals surface area contributed by atoms with Gasteiger partial charge >= 0.3 is 5.97 Å². The molecule has 5 heteroatoms. The van der Waals surface area contributed by atoms with Crippen LogP contribution in [0.1, 0.15) is 44.1 Å². The second-order valence-electron chi connectivity index (χ2n) is 7.18. The molecule has 0 saturated heterocycles. The van der Waals surface area contributed by atoms with Crippen molar-refractivity contribution in [1.29, 1.82) is 0 Å². The highest BCUT2D eigenvalue weighted by Gasteiger charge is 2.39. The predicted molar refractivity (Wildman–Crippen MR) is 107 cm³/mol. The first-order valence-electron chi connectivity index (χ1n) is 9.62. The molecule has 2 N–H and O–H groups in total. The molecule has 1 atom stereocenters. The summed E-state index contributed by atoms with van der Waals surface area (Å²) in [6.07, 6.45) is 2.58. The molecule has 0 bridgehead atoms. The number of hydrogen-bond donors (Lipinski definition) is 2. The zero-order valence-corrected chi connectivity index (χ0v) is 16.0. The molecule has 0 radical (unpaired) electrons. The molecule has 1 aliphatic heterocycles. The Morgan fingerprint density at radius 2 is 1.93 bits per heavy atom. The Bertz CT molecular complexity index is 1040. The predicted octanol–water partition coefficient (Wildman–Crippen LogP) is 4.29. The Hall–Kier alpha value is -3.08. The van der Waals surface area contributed by atoms with Gasteiger partial charge in [-0.25, -0.2) is 4.79 Å². The van der Waals surface area contributed by atoms with E-state index in [-0.39, 0.29) is 11.4 Å². The fourth-order valence-corrected chi connectivity index (χ4v) is 4.46. The Labute approximate surface area is 163 Å². The van der Waals surface area contributed by atoms with Gasteiger partial charge in [-0.1, -0.05) is 37.3 Å². The van der Waals surface area contributed by atoms with Gasteiger partial charge in [0.2, 0.25) is 0 Å². The fourth-order valence-electron chi connectivity index (χ4n) is 4.46. The lowest BCUT2D eigenvalue weighted by molar-refractivity contribution is -0.133. The molecule has 1 heterocycles. The number of carbonyl (C=O) groups is 2. The van der Waals surface area contributed by atoms with Gasteiger partial charge in [0, 0.05) is 34.7 Å². The van der Waals surface area contributed by atoms with Crippen LogP contribution >= 0.6 is 0 Å². The molecule has 0 aromatic heterocycles. The SMILES string of the molecule is CCC1=C(C(=O)O)C(c2ccc(OC)c3ccccc23)C2=C(CCCC2=O)N1. The van der Waals surface area contributed by atoms with E-state index in [0.29, 0.717) is 24.1 Å². The summed E-state index contributed by atoms with van der Waals surface area (Å²) in [7, 11) is 1.62. The average Bonchev–Trinajstić information content (AvgIpc) is 2.71. The minimum Gasteiger partial charge on any atom is -0.496 e. The maximum Gasteiger partial charge on any atom is 0.334 e. The molecule has 0 spiro atoms. The third-order valence-electron chi connectivity index (χ3n) is 5.69. The molecule has 2 aromatic carbocycles. The number of hydrogen-bond acceptors (Lipinski definition) is 4. The average molecular weight is 377 g/mol. The summed E-state index contributed by atoms with van der Waals surface area (Å²) >= 11 is 0. The van der Waals surface area contributed by atoms with Crippen molar-refractivity contribution in [1.82, 2.24) is 5.32 Å². The third-order valence-corrected chi connectivity index (χ3v) is 5.69. The summed E-state index contributed by atoms with van der Waals surface area (Å²) in [4.78, 5) is 25.2. The molecule has 1 unspecified atom stereocenters. The summed E-state index contributed by atoms with van der Waals surface area (Å²) in [5.41, 5.74) is 3.28. The van der Waals surface area contributed by atoms with Gasteiger partial charge in [-0.05, 0) is 36.3 Å². The van der Waals surface area contributed by atoms with Crippen LogP contribution in [0.25, 0.3) is 10.8 Å². The highest BCUT2D eigenvalue weighted by molar-refractivity contribution is 6.05. The van der Waals surface area contributed by atoms with Gasteiger partial charge in [0.25, 0.3) is 0 Å². The van der Waals surface area contributed by atoms with Gasteiger partial charge in [-0.15, -0.1) is 0 Å². The van der Waals surface area contributed by atoms with E-state index in [0.717, 1.165) is 40.6 Å². The Morgan fingerprint density at radius 1 is 1.18 bits per heavy atom. The number of aliphatic carboxylic acids is 1. The zero-order valence-electron chi connectivity index (χ0n) is 16.0. The summed E-state index contributed by atoms with van der Waals surface area (Å²) in [5, 5.41) is 15.2. The lowest BCUT2D eigenvalue weighted by atomic mass is 9.74. The molecule has 144 valence electrons. The number of ketones is 1. The first kappa shape index (κ1) is 18.3. The number of Topliss-reactive ketones (excluding diaryl/α,β-unsaturated/α-hetero) is 1. The maximum atomic E-state index is 12.9. The number of nitrogens with one attached hydrogen (secondary N) is 1. The van der Waals surface area contributed by atoms with Crippen LogP contribution in [0.2, 0.25) is 0 Å². The standard InChI is InChI=1S/C23H23NO4/c1-3-16-22(23(26)27)20(21-17(24-16)9-6-10-18(21)25)15-11-12-19(28-2)14-8-5-4-7-13(14)15/h4-5,7-8,11-12,20,24H,3,6,9-10H2,1-2H3,(H,26,27). The van der Waals surface area contributed by atoms with Crippen molar-refractivity contribution < 1.29 is 19.4 Å². The number of methoxy groups -OCH3 is 1. The highest BCUT2D eigenvalue weighted by atomic mass is 16.5. The zero-order chi connectivity index (χ0) is 19.8. The number of carbonyl (C=O) groups excluding carboxylic acids is 1. The molecule has 2 aliphatic rings.